The molecule has 1 amide bonds. The van der Waals surface area contributed by atoms with Crippen LogP contribution in [-0.2, 0) is 11.2 Å². The maximum absolute atomic E-state index is 12.6. The zero-order chi connectivity index (χ0) is 18.6. The third-order valence-corrected chi connectivity index (χ3v) is 5.31. The van der Waals surface area contributed by atoms with Gasteiger partial charge in [-0.25, -0.2) is 4.98 Å². The van der Waals surface area contributed by atoms with Crippen molar-refractivity contribution in [1.29, 1.82) is 0 Å². The fourth-order valence-corrected chi connectivity index (χ4v) is 3.77. The Hall–Kier alpha value is -2.89. The van der Waals surface area contributed by atoms with Gasteiger partial charge in [-0.05, 0) is 61.4 Å². The van der Waals surface area contributed by atoms with Gasteiger partial charge in [0.2, 0.25) is 5.91 Å². The number of allylic oxidation sites excluding steroid dienone is 1. The lowest BCUT2D eigenvalue weighted by molar-refractivity contribution is -0.125. The number of carbonyl (C=O) groups is 1. The number of hydrogen-bond acceptors (Lipinski definition) is 4. The summed E-state index contributed by atoms with van der Waals surface area (Å²) in [5, 5.41) is 7.56. The average molecular weight is 363 g/mol. The molecule has 27 heavy (non-hydrogen) atoms. The zero-order valence-corrected chi connectivity index (χ0v) is 15.5. The summed E-state index contributed by atoms with van der Waals surface area (Å²) in [7, 11) is 0. The minimum atomic E-state index is 0.0698. The molecule has 1 fully saturated rings. The summed E-state index contributed by atoms with van der Waals surface area (Å²) in [6, 6.07) is 4.44. The molecule has 4 heterocycles. The van der Waals surface area contributed by atoms with Crippen LogP contribution in [0.2, 0.25) is 0 Å². The highest BCUT2D eigenvalue weighted by molar-refractivity contribution is 5.91. The van der Waals surface area contributed by atoms with Crippen molar-refractivity contribution in [2.45, 2.75) is 38.1 Å². The van der Waals surface area contributed by atoms with E-state index in [4.69, 9.17) is 0 Å². The lowest BCUT2D eigenvalue weighted by Crippen LogP contribution is -2.30. The van der Waals surface area contributed by atoms with Gasteiger partial charge in [-0.1, -0.05) is 6.58 Å². The van der Waals surface area contributed by atoms with Crippen molar-refractivity contribution < 1.29 is 4.79 Å². The van der Waals surface area contributed by atoms with Gasteiger partial charge in [-0.2, -0.15) is 5.10 Å². The summed E-state index contributed by atoms with van der Waals surface area (Å²) in [4.78, 5) is 19.0. The van der Waals surface area contributed by atoms with Crippen molar-refractivity contribution in [2.24, 2.45) is 0 Å². The number of pyridine rings is 1. The zero-order valence-electron chi connectivity index (χ0n) is 15.5. The first kappa shape index (κ1) is 17.5. The number of carbonyl (C=O) groups excluding carboxylic acids is 1. The normalized spacial score (nSPS) is 20.2. The van der Waals surface area contributed by atoms with Crippen molar-refractivity contribution >= 4 is 17.8 Å². The molecule has 0 radical (unpaired) electrons. The Morgan fingerprint density at radius 2 is 2.22 bits per heavy atom. The molecule has 0 aliphatic carbocycles. The monoisotopic (exact) mass is 363 g/mol. The summed E-state index contributed by atoms with van der Waals surface area (Å²) in [6.07, 6.45) is 14.0. The van der Waals surface area contributed by atoms with Crippen molar-refractivity contribution in [2.75, 3.05) is 18.4 Å². The molecule has 0 bridgehead atoms. The average Bonchev–Trinajstić information content (AvgIpc) is 3.10. The van der Waals surface area contributed by atoms with Crippen LogP contribution in [0.3, 0.4) is 0 Å². The third-order valence-electron chi connectivity index (χ3n) is 5.31. The van der Waals surface area contributed by atoms with Crippen LogP contribution in [0.25, 0.3) is 6.08 Å². The predicted octanol–water partition coefficient (Wildman–Crippen LogP) is 3.42. The maximum Gasteiger partial charge on any atom is 0.246 e. The molecule has 2 aliphatic heterocycles. The Bertz CT molecular complexity index is 855. The van der Waals surface area contributed by atoms with Crippen LogP contribution in [0, 0.1) is 0 Å². The first-order chi connectivity index (χ1) is 13.2. The largest absolute Gasteiger partial charge is 0.344 e. The van der Waals surface area contributed by atoms with Crippen LogP contribution in [0.1, 0.15) is 42.9 Å². The topological polar surface area (TPSA) is 63.1 Å². The van der Waals surface area contributed by atoms with E-state index < -0.39 is 0 Å². The number of amides is 1. The SMILES string of the molecule is C=C1CCc2cc(/C=C/C(=O)N3CCCC(n4cccn4)CC3)cnc2N1. The molecule has 1 N–H and O–H groups in total. The second kappa shape index (κ2) is 7.78. The second-order valence-corrected chi connectivity index (χ2v) is 7.23. The van der Waals surface area contributed by atoms with Crippen LogP contribution in [0.5, 0.6) is 0 Å². The van der Waals surface area contributed by atoms with Crippen LogP contribution in [0.15, 0.2) is 49.1 Å². The van der Waals surface area contributed by atoms with E-state index in [1.54, 1.807) is 12.3 Å². The number of rotatable bonds is 3. The molecule has 0 aromatic carbocycles. The highest BCUT2D eigenvalue weighted by Crippen LogP contribution is 2.25. The Morgan fingerprint density at radius 1 is 1.30 bits per heavy atom. The van der Waals surface area contributed by atoms with Gasteiger partial charge in [0, 0.05) is 43.5 Å². The fourth-order valence-electron chi connectivity index (χ4n) is 3.77. The maximum atomic E-state index is 12.6. The van der Waals surface area contributed by atoms with Gasteiger partial charge in [-0.3, -0.25) is 9.48 Å². The lowest BCUT2D eigenvalue weighted by Gasteiger charge is -2.19. The molecule has 1 saturated heterocycles. The van der Waals surface area contributed by atoms with Crippen LogP contribution in [0.4, 0.5) is 5.82 Å². The number of hydrogen-bond donors (Lipinski definition) is 1. The number of nitrogens with one attached hydrogen (secondary N) is 1. The molecule has 0 saturated carbocycles. The van der Waals surface area contributed by atoms with E-state index in [0.29, 0.717) is 6.04 Å². The molecule has 1 atom stereocenters. The van der Waals surface area contributed by atoms with E-state index in [0.717, 1.165) is 62.3 Å². The van der Waals surface area contributed by atoms with Crippen LogP contribution < -0.4 is 5.32 Å². The highest BCUT2D eigenvalue weighted by Gasteiger charge is 2.20. The van der Waals surface area contributed by atoms with Gasteiger partial charge in [0.1, 0.15) is 5.82 Å². The standard InChI is InChI=1S/C21H25N5O/c1-16-5-7-18-14-17(15-22-21(18)24-16)6-8-20(27)25-11-2-4-19(9-13-25)26-12-3-10-23-26/h3,6,8,10,12,14-15,19H,1-2,4-5,7,9,11,13H2,(H,22,24)/b8-6+. The molecule has 2 aromatic heterocycles. The molecule has 0 spiro atoms. The number of likely N-dealkylation sites (tertiary alicyclic amines) is 1. The third kappa shape index (κ3) is 4.10. The molecule has 6 nitrogen and oxygen atoms in total. The minimum Gasteiger partial charge on any atom is -0.344 e. The van der Waals surface area contributed by atoms with Crippen molar-refractivity contribution in [3.63, 3.8) is 0 Å². The highest BCUT2D eigenvalue weighted by atomic mass is 16.2. The van der Waals surface area contributed by atoms with E-state index in [1.165, 1.54) is 5.56 Å². The Morgan fingerprint density at radius 3 is 3.07 bits per heavy atom. The first-order valence-electron chi connectivity index (χ1n) is 9.59. The van der Waals surface area contributed by atoms with Gasteiger partial charge in [0.25, 0.3) is 0 Å². The summed E-state index contributed by atoms with van der Waals surface area (Å²) < 4.78 is 2.02. The summed E-state index contributed by atoms with van der Waals surface area (Å²) in [5.74, 6) is 0.951. The molecule has 140 valence electrons. The fraction of sp³-hybridized carbons (Fsp3) is 0.381. The van der Waals surface area contributed by atoms with Gasteiger partial charge in [0.05, 0.1) is 6.04 Å². The smallest absolute Gasteiger partial charge is 0.246 e. The Labute approximate surface area is 159 Å². The van der Waals surface area contributed by atoms with E-state index in [-0.39, 0.29) is 5.91 Å². The summed E-state index contributed by atoms with van der Waals surface area (Å²) in [6.45, 7) is 5.52. The number of aryl methyl sites for hydroxylation is 1. The molecule has 4 rings (SSSR count). The summed E-state index contributed by atoms with van der Waals surface area (Å²) >= 11 is 0. The second-order valence-electron chi connectivity index (χ2n) is 7.23. The van der Waals surface area contributed by atoms with Crippen LogP contribution in [-0.4, -0.2) is 38.7 Å². The Balaban J connectivity index is 1.38. The van der Waals surface area contributed by atoms with E-state index >= 15 is 0 Å². The number of aromatic nitrogens is 3. The number of fused-ring (bicyclic) bond motifs is 1. The molecule has 1 unspecified atom stereocenters. The lowest BCUT2D eigenvalue weighted by atomic mass is 10.0. The molecule has 6 heteroatoms. The van der Waals surface area contributed by atoms with Crippen molar-refractivity contribution in [1.82, 2.24) is 19.7 Å². The van der Waals surface area contributed by atoms with Crippen LogP contribution >= 0.6 is 0 Å². The quantitative estimate of drug-likeness (QED) is 0.849. The Kier molecular flexibility index (Phi) is 5.05. The van der Waals surface area contributed by atoms with Gasteiger partial charge in [0.15, 0.2) is 0 Å². The minimum absolute atomic E-state index is 0.0698. The molecule has 2 aromatic rings. The first-order valence-corrected chi connectivity index (χ1v) is 9.59. The molecule has 2 aliphatic rings. The molecular formula is C21H25N5O. The van der Waals surface area contributed by atoms with Gasteiger partial charge in [-0.15, -0.1) is 0 Å². The van der Waals surface area contributed by atoms with Crippen molar-refractivity contribution in [3.05, 3.63) is 60.2 Å². The summed E-state index contributed by atoms with van der Waals surface area (Å²) in [5.41, 5.74) is 3.14. The van der Waals surface area contributed by atoms with Gasteiger partial charge >= 0.3 is 0 Å². The number of anilines is 1. The van der Waals surface area contributed by atoms with E-state index in [2.05, 4.69) is 28.0 Å². The molecular weight excluding hydrogens is 338 g/mol. The predicted molar refractivity (Wildman–Crippen MR) is 106 cm³/mol. The van der Waals surface area contributed by atoms with Crippen molar-refractivity contribution in [3.8, 4) is 0 Å². The van der Waals surface area contributed by atoms with Gasteiger partial charge < -0.3 is 10.2 Å². The van der Waals surface area contributed by atoms with E-state index in [9.17, 15) is 4.79 Å². The van der Waals surface area contributed by atoms with E-state index in [1.807, 2.05) is 34.1 Å². The number of nitrogens with zero attached hydrogens (tertiary/aromatic N) is 4.